The molecule has 0 saturated heterocycles. The lowest BCUT2D eigenvalue weighted by atomic mass is 9.93. The number of nitrogens with zero attached hydrogens (tertiary/aromatic N) is 5. The van der Waals surface area contributed by atoms with Gasteiger partial charge in [-0.1, -0.05) is 231 Å². The first kappa shape index (κ1) is 43.6. The molecule has 72 heavy (non-hydrogen) atoms. The minimum Gasteiger partial charge on any atom is -0.227 e. The highest BCUT2D eigenvalue weighted by atomic mass is 15.0. The SMILES string of the molecule is c1ccc(-c2cc(-c3ccccc3)cc(-c3nc(-c4cc(-c5ccccc5)cc(-c5ccccc5)c4)nc(-c4cccc(-c5c(-c6ccccc6)nc(-c6ccccc6)nc5-c5ccccc5)c4)n3)c2)cc1. The van der Waals surface area contributed by atoms with E-state index in [1.807, 2.05) is 54.6 Å². The van der Waals surface area contributed by atoms with E-state index in [9.17, 15) is 0 Å². The number of hydrogen-bond donors (Lipinski definition) is 0. The monoisotopic (exact) mass is 919 g/mol. The largest absolute Gasteiger partial charge is 0.227 e. The highest BCUT2D eigenvalue weighted by molar-refractivity contribution is 5.93. The topological polar surface area (TPSA) is 64.5 Å². The van der Waals surface area contributed by atoms with Crippen molar-refractivity contribution in [2.45, 2.75) is 0 Å². The Morgan fingerprint density at radius 3 is 0.736 bits per heavy atom. The Kier molecular flexibility index (Phi) is 11.9. The second-order valence-electron chi connectivity index (χ2n) is 17.7. The first-order valence-corrected chi connectivity index (χ1v) is 24.1. The number of benzene rings is 10. The summed E-state index contributed by atoms with van der Waals surface area (Å²) in [6.45, 7) is 0. The Morgan fingerprint density at radius 1 is 0.153 bits per heavy atom. The Labute approximate surface area is 419 Å². The molecular weight excluding hydrogens is 875 g/mol. The van der Waals surface area contributed by atoms with Crippen molar-refractivity contribution in [1.82, 2.24) is 24.9 Å². The van der Waals surface area contributed by atoms with Gasteiger partial charge in [0.15, 0.2) is 23.3 Å². The predicted octanol–water partition coefficient (Wildman–Crippen LogP) is 17.0. The summed E-state index contributed by atoms with van der Waals surface area (Å²) < 4.78 is 0. The molecule has 0 fully saturated rings. The van der Waals surface area contributed by atoms with Crippen LogP contribution in [-0.4, -0.2) is 24.9 Å². The van der Waals surface area contributed by atoms with Gasteiger partial charge in [0, 0.05) is 38.9 Å². The van der Waals surface area contributed by atoms with E-state index in [0.29, 0.717) is 23.3 Å². The zero-order valence-corrected chi connectivity index (χ0v) is 39.2. The number of aromatic nitrogens is 5. The first-order valence-electron chi connectivity index (χ1n) is 24.1. The molecule has 0 atom stereocenters. The molecule has 0 spiro atoms. The van der Waals surface area contributed by atoms with Gasteiger partial charge in [0.2, 0.25) is 0 Å². The molecule has 0 radical (unpaired) electrons. The van der Waals surface area contributed by atoms with Crippen LogP contribution < -0.4 is 0 Å². The van der Waals surface area contributed by atoms with Crippen molar-refractivity contribution in [1.29, 1.82) is 0 Å². The average molecular weight is 920 g/mol. The van der Waals surface area contributed by atoms with Crippen molar-refractivity contribution in [2.24, 2.45) is 0 Å². The van der Waals surface area contributed by atoms with Crippen LogP contribution in [0.1, 0.15) is 0 Å². The smallest absolute Gasteiger partial charge is 0.164 e. The molecule has 10 aromatic carbocycles. The van der Waals surface area contributed by atoms with Crippen LogP contribution >= 0.6 is 0 Å². The van der Waals surface area contributed by atoms with Gasteiger partial charge in [0.1, 0.15) is 0 Å². The third kappa shape index (κ3) is 9.14. The summed E-state index contributed by atoms with van der Waals surface area (Å²) in [4.78, 5) is 27.0. The second kappa shape index (κ2) is 19.7. The van der Waals surface area contributed by atoms with Crippen LogP contribution in [0.5, 0.6) is 0 Å². The van der Waals surface area contributed by atoms with Crippen molar-refractivity contribution in [2.75, 3.05) is 0 Å². The fraction of sp³-hybridized carbons (Fsp3) is 0. The Morgan fingerprint density at radius 2 is 0.389 bits per heavy atom. The molecule has 0 aliphatic rings. The van der Waals surface area contributed by atoms with Crippen molar-refractivity contribution >= 4 is 0 Å². The van der Waals surface area contributed by atoms with E-state index in [1.54, 1.807) is 0 Å². The highest BCUT2D eigenvalue weighted by Crippen LogP contribution is 2.42. The lowest BCUT2D eigenvalue weighted by Gasteiger charge is -2.18. The molecule has 0 aliphatic carbocycles. The first-order chi connectivity index (χ1) is 35.7. The zero-order valence-electron chi connectivity index (χ0n) is 39.2. The molecule has 2 heterocycles. The van der Waals surface area contributed by atoms with Gasteiger partial charge in [-0.2, -0.15) is 0 Å². The van der Waals surface area contributed by atoms with Crippen molar-refractivity contribution in [3.63, 3.8) is 0 Å². The molecule has 0 unspecified atom stereocenters. The van der Waals surface area contributed by atoms with E-state index < -0.39 is 0 Å². The molecule has 5 heteroatoms. The van der Waals surface area contributed by atoms with Gasteiger partial charge in [0.25, 0.3) is 0 Å². The van der Waals surface area contributed by atoms with Gasteiger partial charge >= 0.3 is 0 Å². The molecule has 12 rings (SSSR count). The van der Waals surface area contributed by atoms with Crippen LogP contribution in [0, 0.1) is 0 Å². The maximum Gasteiger partial charge on any atom is 0.164 e. The van der Waals surface area contributed by atoms with Crippen molar-refractivity contribution in [3.8, 4) is 124 Å². The van der Waals surface area contributed by atoms with E-state index in [1.165, 1.54) is 0 Å². The van der Waals surface area contributed by atoms with Gasteiger partial charge < -0.3 is 0 Å². The van der Waals surface area contributed by atoms with Crippen LogP contribution in [0.25, 0.3) is 124 Å². The summed E-state index contributed by atoms with van der Waals surface area (Å²) in [5.41, 5.74) is 17.7. The summed E-state index contributed by atoms with van der Waals surface area (Å²) in [5.74, 6) is 2.32. The Balaban J connectivity index is 1.10. The van der Waals surface area contributed by atoms with Gasteiger partial charge in [-0.15, -0.1) is 0 Å². The molecule has 0 amide bonds. The third-order valence-electron chi connectivity index (χ3n) is 12.9. The lowest BCUT2D eigenvalue weighted by Crippen LogP contribution is -2.02. The summed E-state index contributed by atoms with van der Waals surface area (Å²) in [6.07, 6.45) is 0. The van der Waals surface area contributed by atoms with E-state index in [-0.39, 0.29) is 0 Å². The molecule has 0 aliphatic heterocycles. The molecule has 338 valence electrons. The lowest BCUT2D eigenvalue weighted by molar-refractivity contribution is 1.07. The molecule has 0 N–H and O–H groups in total. The Bertz CT molecular complexity index is 3490. The minimum atomic E-state index is 0.541. The van der Waals surface area contributed by atoms with Gasteiger partial charge in [-0.05, 0) is 92.5 Å². The van der Waals surface area contributed by atoms with Crippen LogP contribution in [0.15, 0.2) is 273 Å². The van der Waals surface area contributed by atoms with E-state index in [0.717, 1.165) is 100 Å². The number of rotatable bonds is 11. The fourth-order valence-electron chi connectivity index (χ4n) is 9.34. The van der Waals surface area contributed by atoms with E-state index in [4.69, 9.17) is 24.9 Å². The molecular formula is C67H45N5. The van der Waals surface area contributed by atoms with Gasteiger partial charge in [-0.25, -0.2) is 24.9 Å². The fourth-order valence-corrected chi connectivity index (χ4v) is 9.34. The van der Waals surface area contributed by atoms with Crippen LogP contribution in [0.4, 0.5) is 0 Å². The summed E-state index contributed by atoms with van der Waals surface area (Å²) in [7, 11) is 0. The molecule has 12 aromatic rings. The highest BCUT2D eigenvalue weighted by Gasteiger charge is 2.22. The Hall–Kier alpha value is -9.71. The summed E-state index contributed by atoms with van der Waals surface area (Å²) >= 11 is 0. The van der Waals surface area contributed by atoms with Crippen LogP contribution in [-0.2, 0) is 0 Å². The number of hydrogen-bond acceptors (Lipinski definition) is 5. The van der Waals surface area contributed by atoms with Crippen molar-refractivity contribution in [3.05, 3.63) is 273 Å². The van der Waals surface area contributed by atoms with E-state index in [2.05, 4.69) is 218 Å². The molecule has 5 nitrogen and oxygen atoms in total. The van der Waals surface area contributed by atoms with E-state index >= 15 is 0 Å². The molecule has 2 aromatic heterocycles. The standard InChI is InChI=1S/C67H45N5/c1-8-23-46(24-9-1)55-40-56(47-25-10-2-11-26-47)43-59(42-55)66-70-65(71-67(72-66)60-44-57(48-27-12-3-13-28-48)41-58(45-60)49-29-14-4-15-30-49)54-38-22-37-53(39-54)61-62(50-31-16-5-17-32-50)68-64(52-35-20-7-21-36-52)69-63(61)51-33-18-6-19-34-51/h1-45H. The molecule has 0 bridgehead atoms. The van der Waals surface area contributed by atoms with Crippen LogP contribution in [0.2, 0.25) is 0 Å². The van der Waals surface area contributed by atoms with Crippen LogP contribution in [0.3, 0.4) is 0 Å². The second-order valence-corrected chi connectivity index (χ2v) is 17.7. The summed E-state index contributed by atoms with van der Waals surface area (Å²) in [6, 6.07) is 94.7. The predicted molar refractivity (Wildman–Crippen MR) is 295 cm³/mol. The summed E-state index contributed by atoms with van der Waals surface area (Å²) in [5, 5.41) is 0. The average Bonchev–Trinajstić information content (AvgIpc) is 3.48. The van der Waals surface area contributed by atoms with Gasteiger partial charge in [-0.3, -0.25) is 0 Å². The van der Waals surface area contributed by atoms with Crippen molar-refractivity contribution < 1.29 is 0 Å². The maximum atomic E-state index is 5.43. The maximum absolute atomic E-state index is 5.43. The molecule has 0 saturated carbocycles. The van der Waals surface area contributed by atoms with Gasteiger partial charge in [0.05, 0.1) is 11.4 Å². The third-order valence-corrected chi connectivity index (χ3v) is 12.9. The quantitative estimate of drug-likeness (QED) is 0.129. The zero-order chi connectivity index (χ0) is 48.1. The normalized spacial score (nSPS) is 11.1. The minimum absolute atomic E-state index is 0.541.